The van der Waals surface area contributed by atoms with E-state index in [1.54, 1.807) is 12.1 Å². The molecule has 3 rings (SSSR count). The van der Waals surface area contributed by atoms with Crippen LogP contribution in [0, 0.1) is 5.82 Å². The van der Waals surface area contributed by atoms with Gasteiger partial charge in [-0.05, 0) is 36.2 Å². The summed E-state index contributed by atoms with van der Waals surface area (Å²) in [4.78, 5) is 17.9. The van der Waals surface area contributed by atoms with Crippen molar-refractivity contribution >= 4 is 5.91 Å². The van der Waals surface area contributed by atoms with Crippen LogP contribution in [-0.2, 0) is 0 Å². The van der Waals surface area contributed by atoms with Crippen LogP contribution in [0.5, 0.6) is 5.75 Å². The zero-order valence-electron chi connectivity index (χ0n) is 11.7. The number of benzene rings is 1. The molecule has 1 aliphatic heterocycles. The predicted octanol–water partition coefficient (Wildman–Crippen LogP) is 1.87. The number of hydrogen-bond donors (Lipinski definition) is 2. The second-order valence-electron chi connectivity index (χ2n) is 5.29. The maximum absolute atomic E-state index is 13.4. The highest BCUT2D eigenvalue weighted by Crippen LogP contribution is 2.34. The fourth-order valence-electron chi connectivity index (χ4n) is 2.77. The SMILES string of the molecule is O=C(c1ncccc1O)N1C[C@H](O)C[C@@H]1c1cccc(F)c1. The van der Waals surface area contributed by atoms with E-state index in [0.717, 1.165) is 0 Å². The van der Waals surface area contributed by atoms with Crippen LogP contribution in [0.1, 0.15) is 28.5 Å². The number of rotatable bonds is 2. The fourth-order valence-corrected chi connectivity index (χ4v) is 2.77. The molecule has 0 unspecified atom stereocenters. The van der Waals surface area contributed by atoms with Crippen LogP contribution in [-0.4, -0.2) is 38.7 Å². The number of halogens is 1. The lowest BCUT2D eigenvalue weighted by Crippen LogP contribution is -2.32. The summed E-state index contributed by atoms with van der Waals surface area (Å²) in [6.45, 7) is 0.121. The number of likely N-dealkylation sites (tertiary alicyclic amines) is 1. The molecule has 2 atom stereocenters. The normalized spacial score (nSPS) is 21.1. The number of hydrogen-bond acceptors (Lipinski definition) is 4. The number of aliphatic hydroxyl groups excluding tert-OH is 1. The van der Waals surface area contributed by atoms with Crippen LogP contribution >= 0.6 is 0 Å². The molecular formula is C16H15FN2O3. The van der Waals surface area contributed by atoms with Crippen molar-refractivity contribution in [3.05, 3.63) is 59.7 Å². The number of pyridine rings is 1. The smallest absolute Gasteiger partial charge is 0.276 e. The van der Waals surface area contributed by atoms with Crippen molar-refractivity contribution in [2.75, 3.05) is 6.54 Å². The number of β-amino-alcohol motifs (C(OH)–C–C–N with tert-alkyl or cyclic N) is 1. The summed E-state index contributed by atoms with van der Waals surface area (Å²) in [7, 11) is 0. The van der Waals surface area contributed by atoms with Crippen LogP contribution in [0.3, 0.4) is 0 Å². The van der Waals surface area contributed by atoms with E-state index in [0.29, 0.717) is 12.0 Å². The lowest BCUT2D eigenvalue weighted by atomic mass is 10.0. The van der Waals surface area contributed by atoms with E-state index < -0.39 is 23.9 Å². The summed E-state index contributed by atoms with van der Waals surface area (Å²) in [5, 5.41) is 19.7. The van der Waals surface area contributed by atoms with Gasteiger partial charge >= 0.3 is 0 Å². The number of aromatic nitrogens is 1. The lowest BCUT2D eigenvalue weighted by molar-refractivity contribution is 0.0706. The van der Waals surface area contributed by atoms with Crippen molar-refractivity contribution in [3.8, 4) is 5.75 Å². The van der Waals surface area contributed by atoms with Gasteiger partial charge in [0, 0.05) is 12.7 Å². The first kappa shape index (κ1) is 14.5. The summed E-state index contributed by atoms with van der Waals surface area (Å²) in [5.41, 5.74) is 0.540. The van der Waals surface area contributed by atoms with Gasteiger partial charge in [0.25, 0.3) is 5.91 Å². The third-order valence-corrected chi connectivity index (χ3v) is 3.76. The van der Waals surface area contributed by atoms with Crippen LogP contribution in [0.2, 0.25) is 0 Å². The van der Waals surface area contributed by atoms with Crippen LogP contribution < -0.4 is 0 Å². The Morgan fingerprint density at radius 1 is 1.32 bits per heavy atom. The molecule has 0 aliphatic carbocycles. The molecule has 2 N–H and O–H groups in total. The molecule has 0 bridgehead atoms. The van der Waals surface area contributed by atoms with E-state index in [-0.39, 0.29) is 18.0 Å². The summed E-state index contributed by atoms with van der Waals surface area (Å²) in [6.07, 6.45) is 1.04. The molecule has 1 amide bonds. The van der Waals surface area contributed by atoms with Crippen LogP contribution in [0.15, 0.2) is 42.6 Å². The minimum absolute atomic E-state index is 0.0713. The van der Waals surface area contributed by atoms with Crippen LogP contribution in [0.4, 0.5) is 4.39 Å². The minimum Gasteiger partial charge on any atom is -0.505 e. The highest BCUT2D eigenvalue weighted by Gasteiger charge is 2.37. The molecule has 0 spiro atoms. The van der Waals surface area contributed by atoms with Gasteiger partial charge in [0.05, 0.1) is 12.1 Å². The largest absolute Gasteiger partial charge is 0.505 e. The Morgan fingerprint density at radius 2 is 2.14 bits per heavy atom. The Morgan fingerprint density at radius 3 is 2.86 bits per heavy atom. The van der Waals surface area contributed by atoms with Gasteiger partial charge in [-0.15, -0.1) is 0 Å². The van der Waals surface area contributed by atoms with Crippen molar-refractivity contribution < 1.29 is 19.4 Å². The highest BCUT2D eigenvalue weighted by atomic mass is 19.1. The maximum Gasteiger partial charge on any atom is 0.276 e. The first-order valence-corrected chi connectivity index (χ1v) is 6.94. The fraction of sp³-hybridized carbons (Fsp3) is 0.250. The van der Waals surface area contributed by atoms with Gasteiger partial charge in [-0.1, -0.05) is 12.1 Å². The third kappa shape index (κ3) is 2.65. The average molecular weight is 302 g/mol. The molecule has 1 aromatic heterocycles. The molecule has 1 aliphatic rings. The zero-order chi connectivity index (χ0) is 15.7. The van der Waals surface area contributed by atoms with Gasteiger partial charge in [0.15, 0.2) is 5.69 Å². The lowest BCUT2D eigenvalue weighted by Gasteiger charge is -2.24. The Labute approximate surface area is 126 Å². The molecule has 0 saturated carbocycles. The molecule has 1 saturated heterocycles. The van der Waals surface area contributed by atoms with Crippen molar-refractivity contribution in [1.82, 2.24) is 9.88 Å². The molecule has 0 radical (unpaired) electrons. The first-order chi connectivity index (χ1) is 10.6. The highest BCUT2D eigenvalue weighted by molar-refractivity contribution is 5.95. The molecule has 114 valence electrons. The monoisotopic (exact) mass is 302 g/mol. The standard InChI is InChI=1S/C16H15FN2O3/c17-11-4-1-3-10(7-11)13-8-12(20)9-19(13)16(22)15-14(21)5-2-6-18-15/h1-7,12-13,20-21H,8-9H2/t12-,13-/m1/s1. The number of aliphatic hydroxyl groups is 1. The Kier molecular flexibility index (Phi) is 3.77. The van der Waals surface area contributed by atoms with Gasteiger partial charge < -0.3 is 15.1 Å². The summed E-state index contributed by atoms with van der Waals surface area (Å²) in [6, 6.07) is 8.41. The number of carbonyl (C=O) groups is 1. The molecule has 1 aromatic carbocycles. The Hall–Kier alpha value is -2.47. The molecule has 2 heterocycles. The van der Waals surface area contributed by atoms with Gasteiger partial charge in [0.1, 0.15) is 11.6 Å². The molecular weight excluding hydrogens is 287 g/mol. The Bertz CT molecular complexity index is 707. The predicted molar refractivity (Wildman–Crippen MR) is 76.7 cm³/mol. The first-order valence-electron chi connectivity index (χ1n) is 6.94. The van der Waals surface area contributed by atoms with E-state index >= 15 is 0 Å². The van der Waals surface area contributed by atoms with Crippen molar-refractivity contribution in [3.63, 3.8) is 0 Å². The van der Waals surface area contributed by atoms with E-state index in [1.807, 2.05) is 0 Å². The molecule has 2 aromatic rings. The second kappa shape index (κ2) is 5.73. The molecule has 1 fully saturated rings. The number of carbonyl (C=O) groups excluding carboxylic acids is 1. The van der Waals surface area contributed by atoms with E-state index in [4.69, 9.17) is 0 Å². The van der Waals surface area contributed by atoms with E-state index in [9.17, 15) is 19.4 Å². The summed E-state index contributed by atoms with van der Waals surface area (Å²) >= 11 is 0. The van der Waals surface area contributed by atoms with Gasteiger partial charge in [-0.3, -0.25) is 4.79 Å². The van der Waals surface area contributed by atoms with Crippen molar-refractivity contribution in [2.45, 2.75) is 18.6 Å². The Balaban J connectivity index is 1.94. The number of nitrogens with zero attached hydrogens (tertiary/aromatic N) is 2. The average Bonchev–Trinajstić information content (AvgIpc) is 2.89. The topological polar surface area (TPSA) is 73.7 Å². The van der Waals surface area contributed by atoms with Gasteiger partial charge in [-0.2, -0.15) is 0 Å². The van der Waals surface area contributed by atoms with Gasteiger partial charge in [0.2, 0.25) is 0 Å². The molecule has 22 heavy (non-hydrogen) atoms. The maximum atomic E-state index is 13.4. The van der Waals surface area contributed by atoms with Gasteiger partial charge in [-0.25, -0.2) is 9.37 Å². The van der Waals surface area contributed by atoms with Crippen molar-refractivity contribution in [2.24, 2.45) is 0 Å². The van der Waals surface area contributed by atoms with E-state index in [2.05, 4.69) is 4.98 Å². The summed E-state index contributed by atoms with van der Waals surface area (Å²) < 4.78 is 13.4. The second-order valence-corrected chi connectivity index (χ2v) is 5.29. The minimum atomic E-state index is -0.692. The third-order valence-electron chi connectivity index (χ3n) is 3.76. The van der Waals surface area contributed by atoms with E-state index in [1.165, 1.54) is 35.4 Å². The van der Waals surface area contributed by atoms with Crippen LogP contribution in [0.25, 0.3) is 0 Å². The molecule has 6 heteroatoms. The number of amides is 1. The quantitative estimate of drug-likeness (QED) is 0.888. The zero-order valence-corrected chi connectivity index (χ0v) is 11.7. The number of aromatic hydroxyl groups is 1. The van der Waals surface area contributed by atoms with Crippen molar-refractivity contribution in [1.29, 1.82) is 0 Å². The molecule has 5 nitrogen and oxygen atoms in total. The summed E-state index contributed by atoms with van der Waals surface area (Å²) in [5.74, 6) is -1.09.